The molecule has 1 aromatic rings. The lowest BCUT2D eigenvalue weighted by Gasteiger charge is -2.26. The van der Waals surface area contributed by atoms with Crippen LogP contribution in [-0.2, 0) is 22.2 Å². The molecule has 0 aromatic heterocycles. The van der Waals surface area contributed by atoms with Crippen LogP contribution in [0.25, 0.3) is 0 Å². The molecule has 6 nitrogen and oxygen atoms in total. The lowest BCUT2D eigenvalue weighted by atomic mass is 9.85. The van der Waals surface area contributed by atoms with E-state index in [0.717, 1.165) is 12.1 Å². The van der Waals surface area contributed by atoms with Crippen molar-refractivity contribution in [2.75, 3.05) is 0 Å². The second kappa shape index (κ2) is 5.75. The standard InChI is InChI=1S/C16H15F3N2O4/c17-16(18,19)9-3-1-2-8(6-9)4-5-15(11-7-10(11)12(22)23)13(24)20-14(25)21-15/h1-3,6,10-11H,4-5,7H2,(H,22,23)(H2,20,21,24,25)/t10-,11-,15?/m0/s1. The highest BCUT2D eigenvalue weighted by Crippen LogP contribution is 2.49. The molecule has 1 aliphatic carbocycles. The van der Waals surface area contributed by atoms with Gasteiger partial charge in [0.25, 0.3) is 5.91 Å². The topological polar surface area (TPSA) is 95.5 Å². The molecule has 3 amide bonds. The molecule has 134 valence electrons. The van der Waals surface area contributed by atoms with Gasteiger partial charge in [-0.3, -0.25) is 14.9 Å². The highest BCUT2D eigenvalue weighted by molar-refractivity contribution is 6.07. The Labute approximate surface area is 140 Å². The van der Waals surface area contributed by atoms with Crippen molar-refractivity contribution < 1.29 is 32.7 Å². The highest BCUT2D eigenvalue weighted by atomic mass is 19.4. The summed E-state index contributed by atoms with van der Waals surface area (Å²) in [6.45, 7) is 0. The number of carboxylic acids is 1. The van der Waals surface area contributed by atoms with Crippen LogP contribution in [0.15, 0.2) is 24.3 Å². The highest BCUT2D eigenvalue weighted by Gasteiger charge is 2.62. The number of alkyl halides is 3. The number of carbonyl (C=O) groups excluding carboxylic acids is 2. The maximum atomic E-state index is 12.8. The number of rotatable bonds is 5. The number of aryl methyl sites for hydroxylation is 1. The molecule has 1 heterocycles. The average molecular weight is 356 g/mol. The molecule has 0 spiro atoms. The van der Waals surface area contributed by atoms with E-state index in [0.29, 0.717) is 5.56 Å². The first kappa shape index (κ1) is 17.2. The van der Waals surface area contributed by atoms with Crippen molar-refractivity contribution >= 4 is 17.9 Å². The first-order chi connectivity index (χ1) is 11.6. The minimum absolute atomic E-state index is 0.0281. The molecule has 3 rings (SSSR count). The van der Waals surface area contributed by atoms with Crippen LogP contribution in [-0.4, -0.2) is 28.6 Å². The van der Waals surface area contributed by atoms with Crippen LogP contribution in [0.4, 0.5) is 18.0 Å². The third-order valence-electron chi connectivity index (χ3n) is 4.77. The van der Waals surface area contributed by atoms with Crippen molar-refractivity contribution in [2.24, 2.45) is 11.8 Å². The maximum absolute atomic E-state index is 12.8. The summed E-state index contributed by atoms with van der Waals surface area (Å²) in [6, 6.07) is 3.99. The van der Waals surface area contributed by atoms with Gasteiger partial charge in [0.1, 0.15) is 5.54 Å². The van der Waals surface area contributed by atoms with Crippen molar-refractivity contribution in [1.82, 2.24) is 10.6 Å². The summed E-state index contributed by atoms with van der Waals surface area (Å²) < 4.78 is 38.4. The zero-order valence-corrected chi connectivity index (χ0v) is 12.9. The Bertz CT molecular complexity index is 749. The van der Waals surface area contributed by atoms with Crippen LogP contribution in [0.3, 0.4) is 0 Å². The van der Waals surface area contributed by atoms with Gasteiger partial charge in [0, 0.05) is 5.92 Å². The fourth-order valence-electron chi connectivity index (χ4n) is 3.38. The average Bonchev–Trinajstić information content (AvgIpc) is 3.27. The fraction of sp³-hybridized carbons (Fsp3) is 0.438. The van der Waals surface area contributed by atoms with E-state index >= 15 is 0 Å². The third-order valence-corrected chi connectivity index (χ3v) is 4.77. The van der Waals surface area contributed by atoms with Crippen LogP contribution < -0.4 is 10.6 Å². The number of amides is 3. The Balaban J connectivity index is 1.80. The zero-order chi connectivity index (χ0) is 18.4. The van der Waals surface area contributed by atoms with Crippen molar-refractivity contribution in [1.29, 1.82) is 0 Å². The van der Waals surface area contributed by atoms with Gasteiger partial charge in [-0.2, -0.15) is 13.2 Å². The van der Waals surface area contributed by atoms with Crippen LogP contribution in [0, 0.1) is 11.8 Å². The Kier molecular flexibility index (Phi) is 3.97. The zero-order valence-electron chi connectivity index (χ0n) is 12.9. The number of benzene rings is 1. The largest absolute Gasteiger partial charge is 0.481 e. The minimum Gasteiger partial charge on any atom is -0.481 e. The second-order valence-electron chi connectivity index (χ2n) is 6.36. The molecule has 3 N–H and O–H groups in total. The van der Waals surface area contributed by atoms with Gasteiger partial charge >= 0.3 is 18.2 Å². The van der Waals surface area contributed by atoms with E-state index in [1.54, 1.807) is 0 Å². The molecule has 1 aromatic carbocycles. The summed E-state index contributed by atoms with van der Waals surface area (Å²) in [4.78, 5) is 34.9. The predicted molar refractivity (Wildman–Crippen MR) is 78.4 cm³/mol. The van der Waals surface area contributed by atoms with Crippen LogP contribution in [0.1, 0.15) is 24.0 Å². The van der Waals surface area contributed by atoms with Crippen molar-refractivity contribution in [3.8, 4) is 0 Å². The monoisotopic (exact) mass is 356 g/mol. The van der Waals surface area contributed by atoms with E-state index in [1.165, 1.54) is 12.1 Å². The van der Waals surface area contributed by atoms with Crippen LogP contribution in [0.5, 0.6) is 0 Å². The quantitative estimate of drug-likeness (QED) is 0.703. The Morgan fingerprint density at radius 3 is 2.56 bits per heavy atom. The lowest BCUT2D eigenvalue weighted by Crippen LogP contribution is -2.50. The molecule has 1 aliphatic heterocycles. The molecule has 1 unspecified atom stereocenters. The normalized spacial score (nSPS) is 28.4. The van der Waals surface area contributed by atoms with Gasteiger partial charge in [0.05, 0.1) is 11.5 Å². The molecule has 0 radical (unpaired) electrons. The number of urea groups is 1. The third kappa shape index (κ3) is 3.18. The molecule has 9 heteroatoms. The van der Waals surface area contributed by atoms with Crippen LogP contribution >= 0.6 is 0 Å². The van der Waals surface area contributed by atoms with Gasteiger partial charge in [-0.05, 0) is 30.9 Å². The lowest BCUT2D eigenvalue weighted by molar-refractivity contribution is -0.139. The summed E-state index contributed by atoms with van der Waals surface area (Å²) in [5.74, 6) is -3.00. The SMILES string of the molecule is O=C1NC(=O)C(CCc2cccc(C(F)(F)F)c2)([C@H]2C[C@@H]2C(=O)O)N1. The summed E-state index contributed by atoms with van der Waals surface area (Å²) in [6.07, 6.45) is -4.11. The molecular weight excluding hydrogens is 341 g/mol. The van der Waals surface area contributed by atoms with Crippen molar-refractivity contribution in [2.45, 2.75) is 31.0 Å². The molecule has 0 bridgehead atoms. The fourth-order valence-corrected chi connectivity index (χ4v) is 3.38. The number of carbonyl (C=O) groups is 3. The van der Waals surface area contributed by atoms with Gasteiger partial charge < -0.3 is 10.4 Å². The maximum Gasteiger partial charge on any atom is 0.416 e. The molecular formula is C16H15F3N2O4. The van der Waals surface area contributed by atoms with Gasteiger partial charge in [0.2, 0.25) is 0 Å². The molecule has 25 heavy (non-hydrogen) atoms. The number of nitrogens with one attached hydrogen (secondary N) is 2. The summed E-state index contributed by atoms with van der Waals surface area (Å²) in [5.41, 5.74) is -1.83. The number of hydrogen-bond acceptors (Lipinski definition) is 3. The van der Waals surface area contributed by atoms with Gasteiger partial charge in [-0.1, -0.05) is 18.2 Å². The summed E-state index contributed by atoms with van der Waals surface area (Å²) in [7, 11) is 0. The Hall–Kier alpha value is -2.58. The first-order valence-electron chi connectivity index (χ1n) is 7.66. The van der Waals surface area contributed by atoms with E-state index in [2.05, 4.69) is 10.6 Å². The van der Waals surface area contributed by atoms with E-state index in [4.69, 9.17) is 5.11 Å². The van der Waals surface area contributed by atoms with E-state index < -0.39 is 47.0 Å². The number of carboxylic acid groups (broad SMARTS) is 1. The smallest absolute Gasteiger partial charge is 0.416 e. The molecule has 3 atom stereocenters. The number of hydrogen-bond donors (Lipinski definition) is 3. The molecule has 2 fully saturated rings. The molecule has 1 saturated heterocycles. The van der Waals surface area contributed by atoms with Gasteiger partial charge in [-0.25, -0.2) is 4.79 Å². The van der Waals surface area contributed by atoms with Crippen molar-refractivity contribution in [3.05, 3.63) is 35.4 Å². The molecule has 1 saturated carbocycles. The number of aliphatic carboxylic acids is 1. The summed E-state index contributed by atoms with van der Waals surface area (Å²) >= 11 is 0. The molecule has 2 aliphatic rings. The number of imide groups is 1. The Morgan fingerprint density at radius 1 is 1.32 bits per heavy atom. The van der Waals surface area contributed by atoms with Gasteiger partial charge in [0.15, 0.2) is 0 Å². The van der Waals surface area contributed by atoms with E-state index in [9.17, 15) is 27.6 Å². The first-order valence-corrected chi connectivity index (χ1v) is 7.66. The van der Waals surface area contributed by atoms with E-state index in [1.807, 2.05) is 0 Å². The number of halogens is 3. The minimum atomic E-state index is -4.47. The Morgan fingerprint density at radius 2 is 2.04 bits per heavy atom. The summed E-state index contributed by atoms with van der Waals surface area (Å²) in [5, 5.41) is 13.7. The predicted octanol–water partition coefficient (Wildman–Crippen LogP) is 1.94. The van der Waals surface area contributed by atoms with Crippen LogP contribution in [0.2, 0.25) is 0 Å². The van der Waals surface area contributed by atoms with Gasteiger partial charge in [-0.15, -0.1) is 0 Å². The van der Waals surface area contributed by atoms with Crippen molar-refractivity contribution in [3.63, 3.8) is 0 Å². The van der Waals surface area contributed by atoms with E-state index in [-0.39, 0.29) is 19.3 Å². The second-order valence-corrected chi connectivity index (χ2v) is 6.36.